The number of amides is 3. The Hall–Kier alpha value is -1.06. The molecule has 1 heterocycles. The fourth-order valence-electron chi connectivity index (χ4n) is 0.950. The highest BCUT2D eigenvalue weighted by atomic mass is 32.1. The number of thiocarbonyl (C=S) groups is 1. The predicted molar refractivity (Wildman–Crippen MR) is 41.4 cm³/mol. The highest BCUT2D eigenvalue weighted by Gasteiger charge is 2.25. The van der Waals surface area contributed by atoms with Gasteiger partial charge in [0, 0.05) is 13.0 Å². The molecule has 0 atom stereocenters. The predicted octanol–water partition coefficient (Wildman–Crippen LogP) is 0.832. The normalized spacial score (nSPS) is 16.4. The van der Waals surface area contributed by atoms with Crippen molar-refractivity contribution in [3.05, 3.63) is 0 Å². The van der Waals surface area contributed by atoms with E-state index in [4.69, 9.17) is 0 Å². The number of nitrogens with zero attached hydrogens (tertiary/aromatic N) is 2. The van der Waals surface area contributed by atoms with Gasteiger partial charge < -0.3 is 0 Å². The summed E-state index contributed by atoms with van der Waals surface area (Å²) in [5, 5.41) is 1.93. The lowest BCUT2D eigenvalue weighted by Gasteiger charge is -2.06. The molecule has 1 rings (SSSR count). The van der Waals surface area contributed by atoms with Crippen LogP contribution < -0.4 is 0 Å². The maximum absolute atomic E-state index is 10.9. The van der Waals surface area contributed by atoms with Crippen LogP contribution >= 0.6 is 12.2 Å². The number of hydrogen-bond acceptors (Lipinski definition) is 3. The van der Waals surface area contributed by atoms with E-state index in [2.05, 4.69) is 17.2 Å². The third-order valence-electron chi connectivity index (χ3n) is 1.45. The van der Waals surface area contributed by atoms with Gasteiger partial charge in [-0.05, 0) is 18.6 Å². The molecule has 4 nitrogen and oxygen atoms in total. The number of hydrogen-bond donors (Lipinski definition) is 0. The topological polar surface area (TPSA) is 49.7 Å². The summed E-state index contributed by atoms with van der Waals surface area (Å²) in [4.78, 5) is 26.0. The van der Waals surface area contributed by atoms with Crippen LogP contribution in [0.1, 0.15) is 12.8 Å². The Morgan fingerprint density at radius 2 is 2.45 bits per heavy atom. The molecule has 0 spiro atoms. The number of rotatable bonds is 0. The Kier molecular flexibility index (Phi) is 2.46. The van der Waals surface area contributed by atoms with Gasteiger partial charge in [0.05, 0.1) is 5.16 Å². The zero-order chi connectivity index (χ0) is 8.27. The molecule has 0 N–H and O–H groups in total. The van der Waals surface area contributed by atoms with Crippen LogP contribution in [0.2, 0.25) is 0 Å². The quantitative estimate of drug-likeness (QED) is 0.399. The average Bonchev–Trinajstić information content (AvgIpc) is 2.36. The Labute approximate surface area is 68.9 Å². The van der Waals surface area contributed by atoms with Crippen LogP contribution in [-0.2, 0) is 4.79 Å². The summed E-state index contributed by atoms with van der Waals surface area (Å²) in [5.74, 6) is -0.177. The molecule has 1 fully saturated rings. The minimum absolute atomic E-state index is 0.177. The van der Waals surface area contributed by atoms with Gasteiger partial charge in [-0.2, -0.15) is 0 Å². The molecule has 1 aliphatic rings. The molecule has 0 radical (unpaired) electrons. The molecule has 5 heteroatoms. The van der Waals surface area contributed by atoms with E-state index in [-0.39, 0.29) is 5.91 Å². The molecular weight excluding hydrogens is 164 g/mol. The number of aliphatic imine (C=N–C) groups is 1. The van der Waals surface area contributed by atoms with Crippen LogP contribution in [0.15, 0.2) is 4.99 Å². The van der Waals surface area contributed by atoms with E-state index >= 15 is 0 Å². The zero-order valence-corrected chi connectivity index (χ0v) is 6.56. The second kappa shape index (κ2) is 3.37. The third-order valence-corrected chi connectivity index (χ3v) is 1.54. The van der Waals surface area contributed by atoms with Gasteiger partial charge in [-0.25, -0.2) is 4.79 Å². The van der Waals surface area contributed by atoms with E-state index in [0.717, 1.165) is 11.3 Å². The summed E-state index contributed by atoms with van der Waals surface area (Å²) >= 11 is 4.23. The smallest absolute Gasteiger partial charge is 0.274 e. The second-order valence-electron chi connectivity index (χ2n) is 2.13. The summed E-state index contributed by atoms with van der Waals surface area (Å²) < 4.78 is 0. The first-order chi connectivity index (χ1) is 5.25. The number of urea groups is 1. The van der Waals surface area contributed by atoms with Crippen molar-refractivity contribution in [2.75, 3.05) is 6.54 Å². The minimum atomic E-state index is -0.595. The fourth-order valence-corrected chi connectivity index (χ4v) is 1.03. The van der Waals surface area contributed by atoms with Crippen LogP contribution in [0.25, 0.3) is 0 Å². The molecular formula is C6H6N2O2S. The molecule has 0 saturated carbocycles. The Morgan fingerprint density at radius 3 is 2.91 bits per heavy atom. The molecule has 1 saturated heterocycles. The van der Waals surface area contributed by atoms with Crippen LogP contribution in [0.4, 0.5) is 4.79 Å². The van der Waals surface area contributed by atoms with Gasteiger partial charge in [-0.3, -0.25) is 9.69 Å². The van der Waals surface area contributed by atoms with Crippen LogP contribution in [-0.4, -0.2) is 28.5 Å². The second-order valence-corrected chi connectivity index (χ2v) is 2.32. The minimum Gasteiger partial charge on any atom is -0.274 e. The Balaban J connectivity index is 2.67. The van der Waals surface area contributed by atoms with E-state index in [9.17, 15) is 9.59 Å². The number of imide groups is 1. The molecule has 1 aliphatic heterocycles. The average molecular weight is 170 g/mol. The van der Waals surface area contributed by atoms with Crippen LogP contribution in [0.5, 0.6) is 0 Å². The van der Waals surface area contributed by atoms with Crippen molar-refractivity contribution in [3.8, 4) is 0 Å². The molecule has 3 amide bonds. The molecule has 0 bridgehead atoms. The maximum Gasteiger partial charge on any atom is 0.359 e. The summed E-state index contributed by atoms with van der Waals surface area (Å²) in [6, 6.07) is -0.595. The van der Waals surface area contributed by atoms with Crippen molar-refractivity contribution < 1.29 is 9.59 Å². The molecule has 58 valence electrons. The van der Waals surface area contributed by atoms with Gasteiger partial charge in [0.25, 0.3) is 0 Å². The lowest BCUT2D eigenvalue weighted by molar-refractivity contribution is -0.125. The van der Waals surface area contributed by atoms with E-state index < -0.39 is 6.03 Å². The lowest BCUT2D eigenvalue weighted by atomic mass is 10.4. The largest absolute Gasteiger partial charge is 0.359 e. The van der Waals surface area contributed by atoms with Gasteiger partial charge in [-0.15, -0.1) is 4.99 Å². The van der Waals surface area contributed by atoms with Crippen molar-refractivity contribution in [2.24, 2.45) is 4.99 Å². The van der Waals surface area contributed by atoms with Crippen molar-refractivity contribution in [2.45, 2.75) is 12.8 Å². The monoisotopic (exact) mass is 170 g/mol. The van der Waals surface area contributed by atoms with Crippen LogP contribution in [0, 0.1) is 0 Å². The summed E-state index contributed by atoms with van der Waals surface area (Å²) in [6.45, 7) is 0.457. The number of isothiocyanates is 1. The standard InChI is InChI=1S/C6H6N2O2S/c9-5-2-1-3-8(5)6(10)7-4-11/h1-3H2. The molecule has 0 aromatic rings. The Morgan fingerprint density at radius 1 is 1.73 bits per heavy atom. The van der Waals surface area contributed by atoms with Crippen molar-refractivity contribution in [1.29, 1.82) is 0 Å². The molecule has 0 aromatic heterocycles. The van der Waals surface area contributed by atoms with Gasteiger partial charge in [0.15, 0.2) is 0 Å². The summed E-state index contributed by atoms with van der Waals surface area (Å²) in [7, 11) is 0. The van der Waals surface area contributed by atoms with E-state index in [1.165, 1.54) is 0 Å². The highest BCUT2D eigenvalue weighted by Crippen LogP contribution is 2.10. The van der Waals surface area contributed by atoms with Crippen molar-refractivity contribution >= 4 is 29.3 Å². The SMILES string of the molecule is O=C1CCCN1C(=O)N=C=S. The maximum atomic E-state index is 10.9. The Bertz CT molecular complexity index is 245. The lowest BCUT2D eigenvalue weighted by Crippen LogP contribution is -2.28. The molecule has 0 unspecified atom stereocenters. The molecule has 0 aliphatic carbocycles. The number of carbonyl (C=O) groups excluding carboxylic acids is 2. The third kappa shape index (κ3) is 1.69. The summed E-state index contributed by atoms with van der Waals surface area (Å²) in [5.41, 5.74) is 0. The number of likely N-dealkylation sites (tertiary alicyclic amines) is 1. The molecule has 0 aromatic carbocycles. The fraction of sp³-hybridized carbons (Fsp3) is 0.500. The van der Waals surface area contributed by atoms with Gasteiger partial charge in [-0.1, -0.05) is 0 Å². The first-order valence-corrected chi connectivity index (χ1v) is 3.58. The van der Waals surface area contributed by atoms with Gasteiger partial charge >= 0.3 is 6.03 Å². The first-order valence-electron chi connectivity index (χ1n) is 3.18. The van der Waals surface area contributed by atoms with Crippen molar-refractivity contribution in [1.82, 2.24) is 4.90 Å². The van der Waals surface area contributed by atoms with Gasteiger partial charge in [0.1, 0.15) is 0 Å². The van der Waals surface area contributed by atoms with E-state index in [1.54, 1.807) is 0 Å². The van der Waals surface area contributed by atoms with E-state index in [0.29, 0.717) is 13.0 Å². The number of carbonyl (C=O) groups is 2. The first kappa shape index (κ1) is 8.04. The van der Waals surface area contributed by atoms with Crippen LogP contribution in [0.3, 0.4) is 0 Å². The summed E-state index contributed by atoms with van der Waals surface area (Å²) in [6.07, 6.45) is 1.15. The highest BCUT2D eigenvalue weighted by molar-refractivity contribution is 7.78. The zero-order valence-electron chi connectivity index (χ0n) is 5.74. The van der Waals surface area contributed by atoms with Gasteiger partial charge in [0.2, 0.25) is 5.91 Å². The van der Waals surface area contributed by atoms with E-state index in [1.807, 2.05) is 5.16 Å². The molecule has 11 heavy (non-hydrogen) atoms. The van der Waals surface area contributed by atoms with Crippen molar-refractivity contribution in [3.63, 3.8) is 0 Å².